The highest BCUT2D eigenvalue weighted by molar-refractivity contribution is 5.71. The maximum absolute atomic E-state index is 11.0. The fraction of sp³-hybridized carbons (Fsp3) is 0.909. The molecule has 2 fully saturated rings. The van der Waals surface area contributed by atoms with Gasteiger partial charge in [0.2, 0.25) is 0 Å². The highest BCUT2D eigenvalue weighted by Gasteiger charge is 2.58. The van der Waals surface area contributed by atoms with Crippen molar-refractivity contribution in [2.24, 2.45) is 5.92 Å². The lowest BCUT2D eigenvalue weighted by Crippen LogP contribution is -2.46. The SMILES string of the molecule is CC(C)(C)N1CC(C(=O)O)CC12CC2. The van der Waals surface area contributed by atoms with Crippen LogP contribution in [0.2, 0.25) is 0 Å². The van der Waals surface area contributed by atoms with E-state index in [0.717, 1.165) is 13.0 Å². The van der Waals surface area contributed by atoms with Crippen LogP contribution in [0.1, 0.15) is 40.0 Å². The summed E-state index contributed by atoms with van der Waals surface area (Å²) >= 11 is 0. The number of likely N-dealkylation sites (tertiary alicyclic amines) is 1. The summed E-state index contributed by atoms with van der Waals surface area (Å²) in [4.78, 5) is 13.4. The molecular formula is C11H19NO2. The van der Waals surface area contributed by atoms with Gasteiger partial charge in [-0.25, -0.2) is 0 Å². The minimum atomic E-state index is -0.622. The third-order valence-electron chi connectivity index (χ3n) is 3.59. The van der Waals surface area contributed by atoms with Crippen LogP contribution in [0, 0.1) is 5.92 Å². The number of rotatable bonds is 1. The number of aliphatic carboxylic acids is 1. The van der Waals surface area contributed by atoms with Crippen LogP contribution >= 0.6 is 0 Å². The molecule has 0 aromatic carbocycles. The van der Waals surface area contributed by atoms with Crippen LogP contribution in [-0.4, -0.2) is 33.6 Å². The van der Waals surface area contributed by atoms with Crippen LogP contribution in [0.25, 0.3) is 0 Å². The van der Waals surface area contributed by atoms with E-state index in [-0.39, 0.29) is 17.0 Å². The summed E-state index contributed by atoms with van der Waals surface area (Å²) in [5.74, 6) is -0.764. The van der Waals surface area contributed by atoms with Gasteiger partial charge in [0, 0.05) is 17.6 Å². The normalized spacial score (nSPS) is 30.9. The second-order valence-corrected chi connectivity index (χ2v) is 5.75. The molecule has 0 aromatic heterocycles. The molecule has 14 heavy (non-hydrogen) atoms. The summed E-state index contributed by atoms with van der Waals surface area (Å²) in [5.41, 5.74) is 0.363. The van der Waals surface area contributed by atoms with Gasteiger partial charge in [-0.15, -0.1) is 0 Å². The summed E-state index contributed by atoms with van der Waals surface area (Å²) in [6.07, 6.45) is 3.24. The first kappa shape index (κ1) is 9.97. The predicted octanol–water partition coefficient (Wildman–Crippen LogP) is 1.72. The first-order valence-electron chi connectivity index (χ1n) is 5.36. The van der Waals surface area contributed by atoms with Gasteiger partial charge in [-0.05, 0) is 40.0 Å². The lowest BCUT2D eigenvalue weighted by atomic mass is 10.0. The molecule has 1 aliphatic heterocycles. The summed E-state index contributed by atoms with van der Waals surface area (Å²) in [7, 11) is 0. The van der Waals surface area contributed by atoms with Crippen molar-refractivity contribution in [3.63, 3.8) is 0 Å². The maximum atomic E-state index is 11.0. The van der Waals surface area contributed by atoms with Crippen molar-refractivity contribution in [2.45, 2.75) is 51.1 Å². The smallest absolute Gasteiger partial charge is 0.307 e. The summed E-state index contributed by atoms with van der Waals surface area (Å²) < 4.78 is 0. The molecule has 1 unspecified atom stereocenters. The fourth-order valence-corrected chi connectivity index (χ4v) is 2.82. The van der Waals surface area contributed by atoms with Crippen LogP contribution in [0.3, 0.4) is 0 Å². The van der Waals surface area contributed by atoms with Gasteiger partial charge >= 0.3 is 5.97 Å². The second kappa shape index (κ2) is 2.72. The third-order valence-corrected chi connectivity index (χ3v) is 3.59. The van der Waals surface area contributed by atoms with Gasteiger partial charge in [-0.3, -0.25) is 9.69 Å². The van der Waals surface area contributed by atoms with Gasteiger partial charge in [0.15, 0.2) is 0 Å². The Morgan fingerprint density at radius 3 is 2.29 bits per heavy atom. The molecule has 0 amide bonds. The van der Waals surface area contributed by atoms with Crippen LogP contribution in [0.15, 0.2) is 0 Å². The van der Waals surface area contributed by atoms with E-state index in [0.29, 0.717) is 0 Å². The quantitative estimate of drug-likeness (QED) is 0.696. The van der Waals surface area contributed by atoms with Crippen LogP contribution < -0.4 is 0 Å². The summed E-state index contributed by atoms with van der Waals surface area (Å²) in [6, 6.07) is 0. The molecule has 1 heterocycles. The molecule has 1 spiro atoms. The second-order valence-electron chi connectivity index (χ2n) is 5.75. The van der Waals surface area contributed by atoms with Crippen LogP contribution in [-0.2, 0) is 4.79 Å². The lowest BCUT2D eigenvalue weighted by molar-refractivity contribution is -0.141. The summed E-state index contributed by atoms with van der Waals surface area (Å²) in [5, 5.41) is 9.03. The summed E-state index contributed by atoms with van der Waals surface area (Å²) in [6.45, 7) is 7.27. The van der Waals surface area contributed by atoms with E-state index in [4.69, 9.17) is 5.11 Å². The molecular weight excluding hydrogens is 178 g/mol. The standard InChI is InChI=1S/C11H19NO2/c1-10(2,3)12-7-8(9(13)14)6-11(12)4-5-11/h8H,4-7H2,1-3H3,(H,13,14). The molecule has 1 atom stereocenters. The van der Waals surface area contributed by atoms with Crippen LogP contribution in [0.4, 0.5) is 0 Å². The number of nitrogens with zero attached hydrogens (tertiary/aromatic N) is 1. The first-order valence-corrected chi connectivity index (χ1v) is 5.36. The van der Waals surface area contributed by atoms with Crippen molar-refractivity contribution in [1.29, 1.82) is 0 Å². The van der Waals surface area contributed by atoms with Crippen LogP contribution in [0.5, 0.6) is 0 Å². The average Bonchev–Trinajstić information content (AvgIpc) is 2.59. The Hall–Kier alpha value is -0.570. The predicted molar refractivity (Wildman–Crippen MR) is 54.2 cm³/mol. The Morgan fingerprint density at radius 2 is 2.00 bits per heavy atom. The van der Waals surface area contributed by atoms with Gasteiger partial charge in [0.1, 0.15) is 0 Å². The van der Waals surface area contributed by atoms with Crippen molar-refractivity contribution in [1.82, 2.24) is 4.90 Å². The Morgan fingerprint density at radius 1 is 1.43 bits per heavy atom. The van der Waals surface area contributed by atoms with E-state index in [9.17, 15) is 4.79 Å². The highest BCUT2D eigenvalue weighted by Crippen LogP contribution is 2.54. The zero-order chi connectivity index (χ0) is 10.6. The van der Waals surface area contributed by atoms with Crippen molar-refractivity contribution in [3.05, 3.63) is 0 Å². The fourth-order valence-electron chi connectivity index (χ4n) is 2.82. The molecule has 80 valence electrons. The molecule has 0 bridgehead atoms. The molecule has 1 aliphatic carbocycles. The monoisotopic (exact) mass is 197 g/mol. The largest absolute Gasteiger partial charge is 0.481 e. The zero-order valence-corrected chi connectivity index (χ0v) is 9.21. The lowest BCUT2D eigenvalue weighted by Gasteiger charge is -2.37. The van der Waals surface area contributed by atoms with Crippen molar-refractivity contribution in [3.8, 4) is 0 Å². The number of hydrogen-bond donors (Lipinski definition) is 1. The zero-order valence-electron chi connectivity index (χ0n) is 9.21. The maximum Gasteiger partial charge on any atom is 0.307 e. The third kappa shape index (κ3) is 1.44. The number of carboxylic acids is 1. The average molecular weight is 197 g/mol. The van der Waals surface area contributed by atoms with E-state index in [2.05, 4.69) is 25.7 Å². The Labute approximate surface area is 85.1 Å². The minimum Gasteiger partial charge on any atom is -0.481 e. The van der Waals surface area contributed by atoms with Gasteiger partial charge in [0.05, 0.1) is 5.92 Å². The Balaban J connectivity index is 2.16. The Bertz CT molecular complexity index is 263. The number of carboxylic acid groups (broad SMARTS) is 1. The van der Waals surface area contributed by atoms with Gasteiger partial charge in [-0.1, -0.05) is 0 Å². The van der Waals surface area contributed by atoms with E-state index < -0.39 is 5.97 Å². The van der Waals surface area contributed by atoms with Crippen molar-refractivity contribution in [2.75, 3.05) is 6.54 Å². The highest BCUT2D eigenvalue weighted by atomic mass is 16.4. The molecule has 1 saturated heterocycles. The number of carbonyl (C=O) groups is 1. The van der Waals surface area contributed by atoms with Crippen molar-refractivity contribution >= 4 is 5.97 Å². The number of hydrogen-bond acceptors (Lipinski definition) is 2. The molecule has 3 nitrogen and oxygen atoms in total. The minimum absolute atomic E-state index is 0.112. The molecule has 2 aliphatic rings. The molecule has 1 N–H and O–H groups in total. The van der Waals surface area contributed by atoms with Crippen molar-refractivity contribution < 1.29 is 9.90 Å². The van der Waals surface area contributed by atoms with Gasteiger partial charge < -0.3 is 5.11 Å². The Kier molecular flexibility index (Phi) is 1.94. The van der Waals surface area contributed by atoms with E-state index in [1.165, 1.54) is 12.8 Å². The first-order chi connectivity index (χ1) is 6.35. The molecule has 3 heteroatoms. The molecule has 2 rings (SSSR count). The van der Waals surface area contributed by atoms with E-state index in [1.54, 1.807) is 0 Å². The molecule has 0 radical (unpaired) electrons. The molecule has 1 saturated carbocycles. The van der Waals surface area contributed by atoms with E-state index >= 15 is 0 Å². The van der Waals surface area contributed by atoms with E-state index in [1.807, 2.05) is 0 Å². The van der Waals surface area contributed by atoms with Gasteiger partial charge in [0.25, 0.3) is 0 Å². The molecule has 0 aromatic rings. The topological polar surface area (TPSA) is 40.5 Å². The van der Waals surface area contributed by atoms with Gasteiger partial charge in [-0.2, -0.15) is 0 Å².